The van der Waals surface area contributed by atoms with E-state index in [4.69, 9.17) is 4.43 Å². The number of carboxylic acid groups (broad SMARTS) is 1. The average molecular weight is 349 g/mol. The van der Waals surface area contributed by atoms with Crippen molar-refractivity contribution in [2.75, 3.05) is 0 Å². The van der Waals surface area contributed by atoms with E-state index in [1.165, 1.54) is 4.90 Å². The molecule has 1 aromatic carbocycles. The minimum absolute atomic E-state index is 0.0463. The lowest BCUT2D eigenvalue weighted by Crippen LogP contribution is -2.51. The Morgan fingerprint density at radius 2 is 1.88 bits per heavy atom. The number of amides is 1. The number of rotatable bonds is 6. The van der Waals surface area contributed by atoms with E-state index in [0.29, 0.717) is 0 Å². The molecule has 0 aromatic heterocycles. The Bertz CT molecular complexity index is 591. The zero-order valence-electron chi connectivity index (χ0n) is 15.4. The maximum absolute atomic E-state index is 11.7. The van der Waals surface area contributed by atoms with Gasteiger partial charge in [-0.3, -0.25) is 4.90 Å². The van der Waals surface area contributed by atoms with E-state index in [-0.39, 0.29) is 11.6 Å². The highest BCUT2D eigenvalue weighted by Crippen LogP contribution is 2.37. The molecular weight excluding hydrogens is 320 g/mol. The van der Waals surface area contributed by atoms with Crippen molar-refractivity contribution in [2.24, 2.45) is 0 Å². The Kier molecular flexibility index (Phi) is 6.58. The molecule has 0 fully saturated rings. The van der Waals surface area contributed by atoms with Crippen LogP contribution < -0.4 is 0 Å². The summed E-state index contributed by atoms with van der Waals surface area (Å²) >= 11 is 0. The molecule has 1 rings (SSSR count). The van der Waals surface area contributed by atoms with Crippen LogP contribution in [0.2, 0.25) is 18.1 Å². The largest absolute Gasteiger partial charge is 0.465 e. The Morgan fingerprint density at radius 3 is 2.29 bits per heavy atom. The first-order chi connectivity index (χ1) is 11.0. The third-order valence-electron chi connectivity index (χ3n) is 4.73. The van der Waals surface area contributed by atoms with E-state index in [9.17, 15) is 15.2 Å². The minimum Gasteiger partial charge on any atom is -0.465 e. The zero-order chi connectivity index (χ0) is 18.5. The average Bonchev–Trinajstić information content (AvgIpc) is 2.49. The summed E-state index contributed by atoms with van der Waals surface area (Å²) in [6.07, 6.45) is -1.84. The highest BCUT2D eigenvalue weighted by molar-refractivity contribution is 6.74. The van der Waals surface area contributed by atoms with Crippen LogP contribution in [0.4, 0.5) is 4.79 Å². The molecule has 1 aromatic rings. The SMILES string of the molecule is C[C@@H]([C@H](C#N)O[Si](C)(C)C(C)(C)C)N(Cc1ccccc1)C(=O)O. The summed E-state index contributed by atoms with van der Waals surface area (Å²) in [6, 6.07) is 11.0. The van der Waals surface area contributed by atoms with Crippen LogP contribution in [-0.4, -0.2) is 36.6 Å². The molecule has 132 valence electrons. The molecule has 0 heterocycles. The lowest BCUT2D eigenvalue weighted by Gasteiger charge is -2.40. The van der Waals surface area contributed by atoms with E-state index in [1.54, 1.807) is 6.92 Å². The molecule has 0 unspecified atom stereocenters. The molecule has 0 aliphatic carbocycles. The second-order valence-electron chi connectivity index (χ2n) is 7.56. The van der Waals surface area contributed by atoms with Gasteiger partial charge in [0.1, 0.15) is 0 Å². The van der Waals surface area contributed by atoms with Crippen molar-refractivity contribution in [3.05, 3.63) is 35.9 Å². The van der Waals surface area contributed by atoms with Crippen LogP contribution in [0.25, 0.3) is 0 Å². The maximum Gasteiger partial charge on any atom is 0.407 e. The summed E-state index contributed by atoms with van der Waals surface area (Å²) < 4.78 is 6.15. The molecule has 0 spiro atoms. The first-order valence-electron chi connectivity index (χ1n) is 8.10. The van der Waals surface area contributed by atoms with Gasteiger partial charge in [-0.25, -0.2) is 4.79 Å². The lowest BCUT2D eigenvalue weighted by atomic mass is 10.1. The second kappa shape index (κ2) is 7.82. The Balaban J connectivity index is 2.97. The number of benzene rings is 1. The summed E-state index contributed by atoms with van der Waals surface area (Å²) in [5, 5.41) is 19.1. The summed E-state index contributed by atoms with van der Waals surface area (Å²) in [5.41, 5.74) is 0.885. The molecule has 6 heteroatoms. The molecular formula is C18H28N2O3Si. The van der Waals surface area contributed by atoms with Crippen molar-refractivity contribution in [3.8, 4) is 6.07 Å². The van der Waals surface area contributed by atoms with E-state index >= 15 is 0 Å². The highest BCUT2D eigenvalue weighted by atomic mass is 28.4. The number of carbonyl (C=O) groups is 1. The molecule has 0 saturated carbocycles. The van der Waals surface area contributed by atoms with Gasteiger partial charge in [0.25, 0.3) is 0 Å². The summed E-state index contributed by atoms with van der Waals surface area (Å²) in [5.74, 6) is 0. The zero-order valence-corrected chi connectivity index (χ0v) is 16.4. The van der Waals surface area contributed by atoms with Crippen LogP contribution in [0.5, 0.6) is 0 Å². The molecule has 0 aliphatic heterocycles. The summed E-state index contributed by atoms with van der Waals surface area (Å²) in [4.78, 5) is 13.0. The van der Waals surface area contributed by atoms with Crippen molar-refractivity contribution < 1.29 is 14.3 Å². The topological polar surface area (TPSA) is 73.6 Å². The molecule has 5 nitrogen and oxygen atoms in total. The Labute approximate surface area is 146 Å². The Hall–Kier alpha value is -1.84. The van der Waals surface area contributed by atoms with Crippen molar-refractivity contribution in [1.82, 2.24) is 4.90 Å². The molecule has 2 atom stereocenters. The molecule has 1 amide bonds. The third kappa shape index (κ3) is 5.08. The van der Waals surface area contributed by atoms with Gasteiger partial charge in [-0.05, 0) is 30.6 Å². The second-order valence-corrected chi connectivity index (χ2v) is 12.3. The van der Waals surface area contributed by atoms with E-state index in [2.05, 4.69) is 39.9 Å². The molecule has 1 N–H and O–H groups in total. The first kappa shape index (κ1) is 20.2. The fraction of sp³-hybridized carbons (Fsp3) is 0.556. The number of nitriles is 1. The van der Waals surface area contributed by atoms with Gasteiger partial charge >= 0.3 is 6.09 Å². The smallest absolute Gasteiger partial charge is 0.407 e. The lowest BCUT2D eigenvalue weighted by molar-refractivity contribution is 0.0809. The van der Waals surface area contributed by atoms with E-state index < -0.39 is 26.6 Å². The number of hydrogen-bond acceptors (Lipinski definition) is 3. The molecule has 0 bridgehead atoms. The standard InChI is InChI=1S/C18H28N2O3Si/c1-14(16(12-19)23-24(5,6)18(2,3)4)20(17(21)22)13-15-10-8-7-9-11-15/h7-11,14,16H,13H2,1-6H3,(H,21,22)/t14-,16-/m0/s1. The first-order valence-corrected chi connectivity index (χ1v) is 11.0. The summed E-state index contributed by atoms with van der Waals surface area (Å²) in [6.45, 7) is 12.4. The molecule has 0 saturated heterocycles. The van der Waals surface area contributed by atoms with Crippen LogP contribution in [0.1, 0.15) is 33.3 Å². The maximum atomic E-state index is 11.7. The van der Waals surface area contributed by atoms with Crippen molar-refractivity contribution in [1.29, 1.82) is 5.26 Å². The number of nitrogens with zero attached hydrogens (tertiary/aromatic N) is 2. The highest BCUT2D eigenvalue weighted by Gasteiger charge is 2.41. The fourth-order valence-electron chi connectivity index (χ4n) is 2.06. The Morgan fingerprint density at radius 1 is 1.33 bits per heavy atom. The van der Waals surface area contributed by atoms with Crippen molar-refractivity contribution in [2.45, 2.75) is 64.5 Å². The molecule has 24 heavy (non-hydrogen) atoms. The summed E-state index contributed by atoms with van der Waals surface area (Å²) in [7, 11) is -2.17. The van der Waals surface area contributed by atoms with Crippen LogP contribution in [0.15, 0.2) is 30.3 Å². The van der Waals surface area contributed by atoms with Gasteiger partial charge in [0, 0.05) is 6.54 Å². The van der Waals surface area contributed by atoms with Crippen LogP contribution in [0.3, 0.4) is 0 Å². The van der Waals surface area contributed by atoms with Gasteiger partial charge < -0.3 is 9.53 Å². The predicted octanol–water partition coefficient (Wildman–Crippen LogP) is 4.47. The van der Waals surface area contributed by atoms with Crippen molar-refractivity contribution in [3.63, 3.8) is 0 Å². The normalized spacial score (nSPS) is 14.5. The fourth-order valence-corrected chi connectivity index (χ4v) is 3.29. The third-order valence-corrected chi connectivity index (χ3v) is 9.18. The van der Waals surface area contributed by atoms with Gasteiger partial charge in [-0.1, -0.05) is 51.1 Å². The van der Waals surface area contributed by atoms with E-state index in [1.807, 2.05) is 30.3 Å². The van der Waals surface area contributed by atoms with Crippen LogP contribution in [0, 0.1) is 11.3 Å². The monoisotopic (exact) mass is 348 g/mol. The van der Waals surface area contributed by atoms with Gasteiger partial charge in [0.05, 0.1) is 12.1 Å². The predicted molar refractivity (Wildman–Crippen MR) is 97.2 cm³/mol. The van der Waals surface area contributed by atoms with Gasteiger partial charge in [-0.2, -0.15) is 5.26 Å². The van der Waals surface area contributed by atoms with Crippen LogP contribution >= 0.6 is 0 Å². The van der Waals surface area contributed by atoms with Crippen LogP contribution in [-0.2, 0) is 11.0 Å². The molecule has 0 aliphatic rings. The minimum atomic E-state index is -2.17. The van der Waals surface area contributed by atoms with Gasteiger partial charge in [-0.15, -0.1) is 0 Å². The van der Waals surface area contributed by atoms with Gasteiger partial charge in [0.2, 0.25) is 0 Å². The number of hydrogen-bond donors (Lipinski definition) is 1. The van der Waals surface area contributed by atoms with E-state index in [0.717, 1.165) is 5.56 Å². The van der Waals surface area contributed by atoms with Crippen molar-refractivity contribution >= 4 is 14.4 Å². The quantitative estimate of drug-likeness (QED) is 0.770. The van der Waals surface area contributed by atoms with Gasteiger partial charge in [0.15, 0.2) is 14.4 Å². The molecule has 0 radical (unpaired) electrons.